The van der Waals surface area contributed by atoms with Crippen molar-refractivity contribution in [1.82, 2.24) is 4.90 Å². The Balaban J connectivity index is 0.000000247. The second kappa shape index (κ2) is 15.3. The molecule has 2 N–H and O–H groups in total. The summed E-state index contributed by atoms with van der Waals surface area (Å²) in [7, 11) is 1.64. The van der Waals surface area contributed by atoms with Crippen LogP contribution in [0.3, 0.4) is 0 Å². The summed E-state index contributed by atoms with van der Waals surface area (Å²) in [6.07, 6.45) is 8.85. The van der Waals surface area contributed by atoms with Gasteiger partial charge in [0.05, 0.1) is 13.2 Å². The van der Waals surface area contributed by atoms with Crippen molar-refractivity contribution in [3.8, 4) is 5.75 Å². The molecule has 4 rings (SSSR count). The number of aryl methyl sites for hydroxylation is 2. The zero-order chi connectivity index (χ0) is 25.4. The van der Waals surface area contributed by atoms with E-state index in [9.17, 15) is 14.7 Å². The minimum Gasteiger partial charge on any atom is -0.496 e. The van der Waals surface area contributed by atoms with Crippen LogP contribution in [0.5, 0.6) is 5.75 Å². The molecule has 1 aliphatic heterocycles. The molecule has 0 bridgehead atoms. The Morgan fingerprint density at radius 2 is 1.92 bits per heavy atom. The maximum Gasteiger partial charge on any atom is 1.00 e. The van der Waals surface area contributed by atoms with Gasteiger partial charge in [-0.3, -0.25) is 27.7 Å². The summed E-state index contributed by atoms with van der Waals surface area (Å²) in [5, 5.41) is 12.4. The van der Waals surface area contributed by atoms with E-state index in [4.69, 9.17) is 4.74 Å². The standard InChI is InChI=1S/C15H20NO2.C14H17NO2.K/c1-11-8-9-13(10-14(11)18-2)16-15(17)12-6-4-3-5-7-12;1-10-5-12(6-13(9-16)11(10)2)7-15-4-3-14(17)8-15;/h3,8-10,12H,4-7H2,1-2H3,(H,16,17);5-6,14,17H,2-4,7-8H2,1H3;/q-1;-2;+1. The molecule has 0 aromatic heterocycles. The second-order valence-electron chi connectivity index (χ2n) is 9.53. The molecule has 36 heavy (non-hydrogen) atoms. The molecular weight excluding hydrogens is 479 g/mol. The first-order chi connectivity index (χ1) is 16.8. The molecule has 2 aliphatic rings. The van der Waals surface area contributed by atoms with Crippen LogP contribution in [0.4, 0.5) is 5.69 Å². The Hall–Kier alpha value is -1.19. The number of aliphatic hydroxyl groups is 1. The van der Waals surface area contributed by atoms with Gasteiger partial charge < -0.3 is 26.4 Å². The van der Waals surface area contributed by atoms with E-state index in [1.165, 1.54) is 0 Å². The normalized spacial score (nSPS) is 17.9. The minimum atomic E-state index is -0.208. The third-order valence-corrected chi connectivity index (χ3v) is 6.78. The number of carbonyl (C=O) groups is 1. The summed E-state index contributed by atoms with van der Waals surface area (Å²) in [4.78, 5) is 25.1. The zero-order valence-corrected chi connectivity index (χ0v) is 25.2. The van der Waals surface area contributed by atoms with Gasteiger partial charge in [0, 0.05) is 37.3 Å². The largest absolute Gasteiger partial charge is 1.00 e. The van der Waals surface area contributed by atoms with Crippen LogP contribution >= 0.6 is 0 Å². The average molecular weight is 517 g/mol. The maximum atomic E-state index is 12.1. The van der Waals surface area contributed by atoms with E-state index in [1.54, 1.807) is 7.11 Å². The Morgan fingerprint density at radius 3 is 2.53 bits per heavy atom. The van der Waals surface area contributed by atoms with Gasteiger partial charge in [-0.05, 0) is 31.3 Å². The molecule has 2 aromatic carbocycles. The number of nitrogens with one attached hydrogen (secondary N) is 1. The fourth-order valence-electron chi connectivity index (χ4n) is 4.62. The predicted octanol–water partition coefficient (Wildman–Crippen LogP) is 1.54. The van der Waals surface area contributed by atoms with E-state index < -0.39 is 0 Å². The number of likely N-dealkylation sites (tertiary alicyclic amines) is 1. The van der Waals surface area contributed by atoms with E-state index in [1.807, 2.05) is 50.5 Å². The zero-order valence-electron chi connectivity index (χ0n) is 22.1. The number of hydrogen-bond acceptors (Lipinski definition) is 5. The number of benzene rings is 2. The SMILES string of the molecule is COc1cc(NC(=O)C2CC[CH-]CC2)ccc1C.[CH2-]c1c(C)cc(CN2CCC(O)C2)cc1[C-]=O.[K+]. The molecular formula is C29H37KN2O4-2. The number of rotatable bonds is 6. The van der Waals surface area contributed by atoms with Crippen LogP contribution in [0.2, 0.25) is 0 Å². The van der Waals surface area contributed by atoms with Crippen LogP contribution in [0, 0.1) is 33.1 Å². The maximum absolute atomic E-state index is 12.1. The summed E-state index contributed by atoms with van der Waals surface area (Å²) < 4.78 is 5.26. The first-order valence-corrected chi connectivity index (χ1v) is 12.3. The third-order valence-electron chi connectivity index (χ3n) is 6.78. The number of ether oxygens (including phenoxy) is 1. The van der Waals surface area contributed by atoms with Gasteiger partial charge in [-0.1, -0.05) is 25.8 Å². The van der Waals surface area contributed by atoms with Crippen LogP contribution in [-0.4, -0.2) is 48.5 Å². The van der Waals surface area contributed by atoms with Gasteiger partial charge in [-0.15, -0.1) is 11.6 Å². The van der Waals surface area contributed by atoms with Crippen LogP contribution < -0.4 is 61.4 Å². The van der Waals surface area contributed by atoms with Gasteiger partial charge in [-0.25, -0.2) is 11.6 Å². The van der Waals surface area contributed by atoms with Crippen molar-refractivity contribution in [1.29, 1.82) is 0 Å². The van der Waals surface area contributed by atoms with Gasteiger partial charge in [0.1, 0.15) is 5.75 Å². The van der Waals surface area contributed by atoms with Crippen molar-refractivity contribution in [2.24, 2.45) is 5.92 Å². The van der Waals surface area contributed by atoms with Gasteiger partial charge in [0.15, 0.2) is 0 Å². The molecule has 0 spiro atoms. The van der Waals surface area contributed by atoms with Crippen molar-refractivity contribution in [2.75, 3.05) is 25.5 Å². The van der Waals surface area contributed by atoms with Gasteiger partial charge in [0.25, 0.3) is 0 Å². The number of anilines is 1. The molecule has 0 radical (unpaired) electrons. The fraction of sp³-hybridized carbons (Fsp3) is 0.448. The molecule has 2 fully saturated rings. The minimum absolute atomic E-state index is 0. The topological polar surface area (TPSA) is 78.9 Å². The van der Waals surface area contributed by atoms with Crippen LogP contribution in [0.15, 0.2) is 30.3 Å². The Bertz CT molecular complexity index is 1020. The molecule has 6 nitrogen and oxygen atoms in total. The molecule has 7 heteroatoms. The molecule has 2 aromatic rings. The molecule has 190 valence electrons. The smallest absolute Gasteiger partial charge is 0.496 e. The van der Waals surface area contributed by atoms with E-state index >= 15 is 0 Å². The van der Waals surface area contributed by atoms with Crippen molar-refractivity contribution < 1.29 is 70.8 Å². The van der Waals surface area contributed by atoms with Gasteiger partial charge >= 0.3 is 51.4 Å². The Labute approximate surface area is 258 Å². The van der Waals surface area contributed by atoms with E-state index in [0.29, 0.717) is 12.1 Å². The van der Waals surface area contributed by atoms with Crippen LogP contribution in [-0.2, 0) is 16.1 Å². The van der Waals surface area contributed by atoms with Crippen molar-refractivity contribution in [3.05, 3.63) is 71.5 Å². The second-order valence-corrected chi connectivity index (χ2v) is 9.53. The Kier molecular flexibility index (Phi) is 13.2. The predicted molar refractivity (Wildman–Crippen MR) is 139 cm³/mol. The summed E-state index contributed by atoms with van der Waals surface area (Å²) >= 11 is 0. The van der Waals surface area contributed by atoms with Gasteiger partial charge in [0.2, 0.25) is 5.91 Å². The van der Waals surface area contributed by atoms with Gasteiger partial charge in [-0.2, -0.15) is 12.8 Å². The van der Waals surface area contributed by atoms with Crippen LogP contribution in [0.25, 0.3) is 0 Å². The number of aliphatic hydroxyl groups excluding tert-OH is 1. The fourth-order valence-corrected chi connectivity index (χ4v) is 4.62. The van der Waals surface area contributed by atoms with E-state index in [-0.39, 0.29) is 69.3 Å². The molecule has 1 unspecified atom stereocenters. The third kappa shape index (κ3) is 8.98. The monoisotopic (exact) mass is 516 g/mol. The quantitative estimate of drug-likeness (QED) is 0.450. The van der Waals surface area contributed by atoms with Crippen molar-refractivity contribution >= 4 is 17.9 Å². The number of carbonyl (C=O) groups excluding carboxylic acids is 2. The molecule has 1 aliphatic carbocycles. The van der Waals surface area contributed by atoms with Crippen LogP contribution in [0.1, 0.15) is 59.9 Å². The first-order valence-electron chi connectivity index (χ1n) is 12.3. The molecule has 1 heterocycles. The number of amides is 1. The summed E-state index contributed by atoms with van der Waals surface area (Å²) in [5.74, 6) is 1.10. The number of nitrogens with zero attached hydrogens (tertiary/aromatic N) is 1. The number of β-amino-alcohol motifs (C(OH)–C–C–N with tert-alkyl or cyclic N) is 1. The number of hydrogen-bond donors (Lipinski definition) is 2. The molecule has 1 saturated carbocycles. The first kappa shape index (κ1) is 31.0. The summed E-state index contributed by atoms with van der Waals surface area (Å²) in [5.41, 5.74) is 5.28. The van der Waals surface area contributed by atoms with E-state index in [0.717, 1.165) is 78.9 Å². The molecule has 1 amide bonds. The summed E-state index contributed by atoms with van der Waals surface area (Å²) in [6, 6.07) is 9.65. The van der Waals surface area contributed by atoms with E-state index in [2.05, 4.69) is 23.6 Å². The van der Waals surface area contributed by atoms with Crippen molar-refractivity contribution in [3.63, 3.8) is 0 Å². The van der Waals surface area contributed by atoms with Crippen molar-refractivity contribution in [2.45, 2.75) is 58.6 Å². The Morgan fingerprint density at radius 1 is 1.19 bits per heavy atom. The summed E-state index contributed by atoms with van der Waals surface area (Å²) in [6.45, 7) is 10.2. The molecule has 1 atom stereocenters. The number of methoxy groups -OCH3 is 1. The molecule has 1 saturated heterocycles. The average Bonchev–Trinajstić information content (AvgIpc) is 3.27.